The number of rotatable bonds is 3. The normalized spacial score (nSPS) is 50.3. The minimum absolute atomic E-state index is 0. The first kappa shape index (κ1) is 20.1. The lowest BCUT2D eigenvalue weighted by molar-refractivity contribution is -0.220. The van der Waals surface area contributed by atoms with Crippen molar-refractivity contribution in [1.29, 1.82) is 0 Å². The maximum atomic E-state index is 13.6. The molecule has 5 fully saturated rings. The van der Waals surface area contributed by atoms with Gasteiger partial charge in [-0.2, -0.15) is 0 Å². The van der Waals surface area contributed by atoms with Gasteiger partial charge in [0.05, 0.1) is 17.5 Å². The van der Waals surface area contributed by atoms with Crippen molar-refractivity contribution in [2.24, 2.45) is 17.8 Å². The Kier molecular flexibility index (Phi) is 4.23. The van der Waals surface area contributed by atoms with Gasteiger partial charge in [0.15, 0.2) is 5.78 Å². The molecule has 0 radical (unpaired) electrons. The van der Waals surface area contributed by atoms with Crippen LogP contribution in [0.4, 0.5) is 5.69 Å². The third-order valence-corrected chi connectivity index (χ3v) is 9.45. The molecule has 158 valence electrons. The van der Waals surface area contributed by atoms with E-state index in [2.05, 4.69) is 17.9 Å². The number of carbonyl (C=O) groups is 1. The minimum atomic E-state index is -0.919. The minimum Gasteiger partial charge on any atom is -0.392 e. The van der Waals surface area contributed by atoms with Crippen LogP contribution in [0, 0.1) is 17.8 Å². The highest BCUT2D eigenvalue weighted by molar-refractivity contribution is 6.20. The number of ketones is 1. The Morgan fingerprint density at radius 1 is 1.31 bits per heavy atom. The van der Waals surface area contributed by atoms with Gasteiger partial charge in [0, 0.05) is 29.6 Å². The van der Waals surface area contributed by atoms with Crippen LogP contribution in [0.5, 0.6) is 0 Å². The van der Waals surface area contributed by atoms with Crippen LogP contribution in [-0.2, 0) is 10.2 Å². The van der Waals surface area contributed by atoms with Gasteiger partial charge in [-0.1, -0.05) is 25.1 Å². The van der Waals surface area contributed by atoms with Gasteiger partial charge in [0.2, 0.25) is 0 Å². The molecule has 1 aliphatic carbocycles. The molecule has 1 spiro atoms. The highest BCUT2D eigenvalue weighted by atomic mass is 35.5. The van der Waals surface area contributed by atoms with Gasteiger partial charge in [-0.25, -0.2) is 0 Å². The lowest BCUT2D eigenvalue weighted by Gasteiger charge is -2.65. The highest BCUT2D eigenvalue weighted by Gasteiger charge is 2.83. The number of benzene rings is 1. The number of Topliss-reactive ketones (excluding diaryl/α,β-unsaturated/α-hetero) is 1. The monoisotopic (exact) mass is 438 g/mol. The summed E-state index contributed by atoms with van der Waals surface area (Å²) in [4.78, 5) is 17.8. The van der Waals surface area contributed by atoms with Crippen molar-refractivity contribution in [2.75, 3.05) is 10.9 Å². The Hall–Kier alpha value is -0.850. The first-order valence-corrected chi connectivity index (χ1v) is 11.1. The summed E-state index contributed by atoms with van der Waals surface area (Å²) in [6.45, 7) is 3.78. The number of aliphatic hydroxyl groups is 2. The van der Waals surface area contributed by atoms with Crippen LogP contribution in [-0.4, -0.2) is 56.9 Å². The number of hydrogen-bond donors (Lipinski definition) is 2. The van der Waals surface area contributed by atoms with Gasteiger partial charge < -0.3 is 15.1 Å². The number of fused-ring (bicyclic) bond motifs is 2. The number of anilines is 1. The molecule has 2 N–H and O–H groups in total. The van der Waals surface area contributed by atoms with E-state index in [4.69, 9.17) is 11.6 Å². The van der Waals surface area contributed by atoms with Crippen LogP contribution in [0.1, 0.15) is 38.7 Å². The van der Waals surface area contributed by atoms with E-state index < -0.39 is 23.3 Å². The molecule has 2 unspecified atom stereocenters. The van der Waals surface area contributed by atoms with Crippen molar-refractivity contribution in [3.63, 3.8) is 0 Å². The van der Waals surface area contributed by atoms with E-state index in [1.165, 1.54) is 0 Å². The van der Waals surface area contributed by atoms with Crippen LogP contribution in [0.25, 0.3) is 0 Å². The first-order valence-electron chi connectivity index (χ1n) is 10.5. The van der Waals surface area contributed by atoms with Gasteiger partial charge in [-0.05, 0) is 43.7 Å². The number of alkyl halides is 1. The van der Waals surface area contributed by atoms with Gasteiger partial charge in [-0.3, -0.25) is 9.69 Å². The van der Waals surface area contributed by atoms with Gasteiger partial charge in [0.25, 0.3) is 0 Å². The standard InChI is InChI=1S/C22H27ClN2O3.ClH/c1-3-12-13-8-17-22(11(2)26)21(14-6-4-5-7-15(14)24(22)10-23)9-16(18(13)19(21)27)25(17)20(12)28;/h4-7,12-13,16-20,27-28H,3,8-10H2,1-2H3;1H/t12-,13-,16-,17-,18-,19+,20+,21+,22?;/m0./s1. The van der Waals surface area contributed by atoms with Gasteiger partial charge in [-0.15, -0.1) is 24.0 Å². The molecule has 1 aromatic carbocycles. The second-order valence-electron chi connectivity index (χ2n) is 9.50. The van der Waals surface area contributed by atoms with Crippen molar-refractivity contribution in [3.05, 3.63) is 29.8 Å². The largest absolute Gasteiger partial charge is 0.392 e. The van der Waals surface area contributed by atoms with E-state index >= 15 is 0 Å². The molecule has 5 aliphatic heterocycles. The predicted octanol–water partition coefficient (Wildman–Crippen LogP) is 2.50. The summed E-state index contributed by atoms with van der Waals surface area (Å²) in [5.41, 5.74) is 0.481. The molecule has 4 saturated heterocycles. The zero-order chi connectivity index (χ0) is 19.6. The highest BCUT2D eigenvalue weighted by Crippen LogP contribution is 2.73. The molecule has 5 bridgehead atoms. The smallest absolute Gasteiger partial charge is 0.157 e. The second kappa shape index (κ2) is 6.10. The molecule has 5 nitrogen and oxygen atoms in total. The number of piperidine rings is 4. The quantitative estimate of drug-likeness (QED) is 0.560. The van der Waals surface area contributed by atoms with E-state index in [-0.39, 0.29) is 54.0 Å². The molecule has 29 heavy (non-hydrogen) atoms. The molecule has 10 atom stereocenters. The molecular weight excluding hydrogens is 411 g/mol. The lowest BCUT2D eigenvalue weighted by atomic mass is 9.55. The average Bonchev–Trinajstić information content (AvgIpc) is 3.09. The maximum Gasteiger partial charge on any atom is 0.157 e. The predicted molar refractivity (Wildman–Crippen MR) is 113 cm³/mol. The third-order valence-electron chi connectivity index (χ3n) is 9.21. The van der Waals surface area contributed by atoms with Crippen LogP contribution in [0.3, 0.4) is 0 Å². The van der Waals surface area contributed by atoms with Crippen LogP contribution in [0.15, 0.2) is 24.3 Å². The Balaban J connectivity index is 0.00000181. The zero-order valence-electron chi connectivity index (χ0n) is 16.7. The molecular formula is C22H28Cl2N2O3. The number of aliphatic hydroxyl groups excluding tert-OH is 2. The van der Waals surface area contributed by atoms with E-state index in [1.807, 2.05) is 23.1 Å². The van der Waals surface area contributed by atoms with Crippen LogP contribution < -0.4 is 4.90 Å². The number of carbonyl (C=O) groups excluding carboxylic acids is 1. The summed E-state index contributed by atoms with van der Waals surface area (Å²) in [5, 5.41) is 23.2. The Bertz CT molecular complexity index is 883. The van der Waals surface area contributed by atoms with Crippen molar-refractivity contribution >= 4 is 35.5 Å². The molecule has 1 aromatic rings. The summed E-state index contributed by atoms with van der Waals surface area (Å²) >= 11 is 6.51. The number of para-hydroxylation sites is 1. The summed E-state index contributed by atoms with van der Waals surface area (Å²) in [5.74, 6) is 0.569. The van der Waals surface area contributed by atoms with Crippen molar-refractivity contribution in [1.82, 2.24) is 4.90 Å². The molecule has 7 rings (SSSR count). The van der Waals surface area contributed by atoms with Crippen molar-refractivity contribution < 1.29 is 15.0 Å². The van der Waals surface area contributed by atoms with Crippen LogP contribution in [0.2, 0.25) is 0 Å². The van der Waals surface area contributed by atoms with E-state index in [1.54, 1.807) is 6.92 Å². The number of hydrogen-bond acceptors (Lipinski definition) is 5. The summed E-state index contributed by atoms with van der Waals surface area (Å²) in [7, 11) is 0. The fraction of sp³-hybridized carbons (Fsp3) is 0.682. The molecule has 5 heterocycles. The number of halogens is 2. The topological polar surface area (TPSA) is 64.0 Å². The molecule has 7 heteroatoms. The Labute approximate surface area is 182 Å². The van der Waals surface area contributed by atoms with Gasteiger partial charge >= 0.3 is 0 Å². The fourth-order valence-corrected chi connectivity index (χ4v) is 8.96. The Morgan fingerprint density at radius 3 is 2.69 bits per heavy atom. The number of nitrogens with zero attached hydrogens (tertiary/aromatic N) is 2. The molecule has 0 aromatic heterocycles. The van der Waals surface area contributed by atoms with Crippen LogP contribution >= 0.6 is 24.0 Å². The Morgan fingerprint density at radius 2 is 2.03 bits per heavy atom. The van der Waals surface area contributed by atoms with E-state index in [0.29, 0.717) is 6.42 Å². The lowest BCUT2D eigenvalue weighted by Crippen LogP contribution is -2.80. The van der Waals surface area contributed by atoms with Gasteiger partial charge in [0.1, 0.15) is 11.8 Å². The fourth-order valence-electron chi connectivity index (χ4n) is 8.65. The summed E-state index contributed by atoms with van der Waals surface area (Å²) < 4.78 is 0. The van der Waals surface area contributed by atoms with E-state index in [9.17, 15) is 15.0 Å². The molecule has 6 aliphatic rings. The van der Waals surface area contributed by atoms with Crippen molar-refractivity contribution in [2.45, 2.75) is 68.5 Å². The molecule has 1 saturated carbocycles. The average molecular weight is 439 g/mol. The second-order valence-corrected chi connectivity index (χ2v) is 9.74. The first-order chi connectivity index (χ1) is 13.5. The molecule has 0 amide bonds. The third kappa shape index (κ3) is 1.78. The SMILES string of the molecule is CC[C@H]1[C@@H]2C[C@@H]3N([C@@H]1O)[C@H]1C[C@@]4(c5ccccc5N(CCl)C34C(C)=O)[C@H](O)[C@@H]21.Cl. The zero-order valence-corrected chi connectivity index (χ0v) is 18.2. The van der Waals surface area contributed by atoms with Crippen molar-refractivity contribution in [3.8, 4) is 0 Å². The maximum absolute atomic E-state index is 13.6. The summed E-state index contributed by atoms with van der Waals surface area (Å²) in [6, 6.07) is 8.31. The summed E-state index contributed by atoms with van der Waals surface area (Å²) in [6.07, 6.45) is 1.30. The van der Waals surface area contributed by atoms with E-state index in [0.717, 1.165) is 24.1 Å².